The fraction of sp³-hybridized carbons (Fsp3) is 0.306. The van der Waals surface area contributed by atoms with Gasteiger partial charge < -0.3 is 35.6 Å². The lowest BCUT2D eigenvalue weighted by Crippen LogP contribution is -2.52. The van der Waals surface area contributed by atoms with Crippen LogP contribution in [0.3, 0.4) is 0 Å². The van der Waals surface area contributed by atoms with E-state index in [4.69, 9.17) is 32.7 Å². The van der Waals surface area contributed by atoms with Crippen molar-refractivity contribution in [2.75, 3.05) is 11.9 Å². The summed E-state index contributed by atoms with van der Waals surface area (Å²) in [6.07, 6.45) is -1.87. The number of hydrogen-bond donors (Lipinski definition) is 5. The Bertz CT molecular complexity index is 1770. The summed E-state index contributed by atoms with van der Waals surface area (Å²) in [6, 6.07) is 16.3. The number of Topliss-reactive ketones (excluding diaryl/α,β-unsaturated/α-hetero) is 1. The molecular formula is C36H37Cl2N3O11. The molecule has 0 radical (unpaired) electrons. The first-order chi connectivity index (χ1) is 24.6. The van der Waals surface area contributed by atoms with Crippen LogP contribution in [0.5, 0.6) is 11.5 Å². The van der Waals surface area contributed by atoms with Gasteiger partial charge in [-0.15, -0.1) is 0 Å². The molecule has 0 spiro atoms. The molecule has 16 heteroatoms. The van der Waals surface area contributed by atoms with Gasteiger partial charge in [-0.1, -0.05) is 67.4 Å². The van der Waals surface area contributed by atoms with Crippen molar-refractivity contribution in [1.82, 2.24) is 10.6 Å². The molecule has 0 aliphatic carbocycles. The van der Waals surface area contributed by atoms with Gasteiger partial charge in [0.25, 0.3) is 0 Å². The highest BCUT2D eigenvalue weighted by molar-refractivity contribution is 6.39. The lowest BCUT2D eigenvalue weighted by molar-refractivity contribution is -0.143. The zero-order valence-corrected chi connectivity index (χ0v) is 29.6. The molecule has 0 saturated carbocycles. The standard InChI is InChI=1S/C36H37Cl2N3O11/c1-20(2)16-24(34(48)41-28(18-31(45)46)29(42)19-51-36(50)32-25(37)12-7-13-26(32)38)33(47)40-27(14-15-30(43)44)35(49)39-21-8-6-11-23(17-21)52-22-9-4-3-5-10-22/h3-13,17,20,24,27-28H,14-16,18-19H2,1-2H3,(H,39,49)(H,40,47)(H,41,48)(H,43,44)(H,45,46). The first-order valence-electron chi connectivity index (χ1n) is 16.0. The van der Waals surface area contributed by atoms with Crippen LogP contribution in [0, 0.1) is 11.8 Å². The molecule has 3 atom stereocenters. The van der Waals surface area contributed by atoms with Crippen molar-refractivity contribution in [2.24, 2.45) is 11.8 Å². The first-order valence-corrected chi connectivity index (χ1v) is 16.7. The predicted octanol–water partition coefficient (Wildman–Crippen LogP) is 5.12. The van der Waals surface area contributed by atoms with Crippen molar-refractivity contribution in [2.45, 2.75) is 51.6 Å². The van der Waals surface area contributed by atoms with E-state index in [-0.39, 0.29) is 40.1 Å². The molecule has 5 N–H and O–H groups in total. The molecule has 0 aliphatic rings. The van der Waals surface area contributed by atoms with E-state index in [9.17, 15) is 43.8 Å². The number of benzene rings is 3. The number of rotatable bonds is 19. The van der Waals surface area contributed by atoms with E-state index in [1.54, 1.807) is 56.3 Å². The largest absolute Gasteiger partial charge is 0.481 e. The van der Waals surface area contributed by atoms with Crippen molar-refractivity contribution in [3.8, 4) is 11.5 Å². The molecule has 0 bridgehead atoms. The molecule has 3 unspecified atom stereocenters. The lowest BCUT2D eigenvalue weighted by Gasteiger charge is -2.24. The Kier molecular flexibility index (Phi) is 15.6. The zero-order valence-electron chi connectivity index (χ0n) is 28.1. The van der Waals surface area contributed by atoms with Crippen molar-refractivity contribution in [3.63, 3.8) is 0 Å². The van der Waals surface area contributed by atoms with Gasteiger partial charge in [0, 0.05) is 18.2 Å². The highest BCUT2D eigenvalue weighted by Crippen LogP contribution is 2.26. The van der Waals surface area contributed by atoms with E-state index in [0.29, 0.717) is 11.5 Å². The van der Waals surface area contributed by atoms with E-state index < -0.39 is 78.9 Å². The fourth-order valence-corrected chi connectivity index (χ4v) is 5.35. The molecule has 276 valence electrons. The van der Waals surface area contributed by atoms with Gasteiger partial charge in [-0.3, -0.25) is 28.8 Å². The van der Waals surface area contributed by atoms with Crippen LogP contribution in [0.4, 0.5) is 5.69 Å². The number of para-hydroxylation sites is 1. The summed E-state index contributed by atoms with van der Waals surface area (Å²) in [5.41, 5.74) is 0.0536. The summed E-state index contributed by atoms with van der Waals surface area (Å²) < 4.78 is 10.8. The monoisotopic (exact) mass is 757 g/mol. The van der Waals surface area contributed by atoms with Crippen LogP contribution in [0.15, 0.2) is 72.8 Å². The van der Waals surface area contributed by atoms with Gasteiger partial charge in [0.1, 0.15) is 29.5 Å². The van der Waals surface area contributed by atoms with E-state index in [1.165, 1.54) is 24.3 Å². The van der Waals surface area contributed by atoms with Gasteiger partial charge in [0.15, 0.2) is 12.4 Å². The van der Waals surface area contributed by atoms with Gasteiger partial charge in [0.05, 0.1) is 22.0 Å². The normalized spacial score (nSPS) is 12.5. The third-order valence-electron chi connectivity index (χ3n) is 7.30. The minimum atomic E-state index is -1.72. The van der Waals surface area contributed by atoms with Crippen molar-refractivity contribution >= 4 is 70.3 Å². The molecule has 0 saturated heterocycles. The summed E-state index contributed by atoms with van der Waals surface area (Å²) >= 11 is 12.0. The second-order valence-corrected chi connectivity index (χ2v) is 12.7. The highest BCUT2D eigenvalue weighted by Gasteiger charge is 2.34. The molecular weight excluding hydrogens is 721 g/mol. The Labute approximate surface area is 308 Å². The number of ether oxygens (including phenoxy) is 2. The molecule has 0 aromatic heterocycles. The molecule has 0 aliphatic heterocycles. The second kappa shape index (κ2) is 19.8. The van der Waals surface area contributed by atoms with Crippen LogP contribution in [0.1, 0.15) is 49.9 Å². The van der Waals surface area contributed by atoms with Crippen molar-refractivity contribution < 1.29 is 53.2 Å². The number of carbonyl (C=O) groups is 7. The topological polar surface area (TPSA) is 214 Å². The van der Waals surface area contributed by atoms with E-state index in [2.05, 4.69) is 16.0 Å². The zero-order chi connectivity index (χ0) is 38.4. The van der Waals surface area contributed by atoms with Gasteiger partial charge in [0.2, 0.25) is 17.7 Å². The molecule has 3 rings (SSSR count). The fourth-order valence-electron chi connectivity index (χ4n) is 4.80. The number of carbonyl (C=O) groups excluding carboxylic acids is 5. The molecule has 3 amide bonds. The Balaban J connectivity index is 1.75. The molecule has 3 aromatic carbocycles. The van der Waals surface area contributed by atoms with Crippen molar-refractivity contribution in [1.29, 1.82) is 0 Å². The van der Waals surface area contributed by atoms with Crippen LogP contribution >= 0.6 is 23.2 Å². The number of anilines is 1. The summed E-state index contributed by atoms with van der Waals surface area (Å²) in [7, 11) is 0. The second-order valence-electron chi connectivity index (χ2n) is 11.9. The lowest BCUT2D eigenvalue weighted by atomic mass is 9.94. The van der Waals surface area contributed by atoms with Crippen molar-refractivity contribution in [3.05, 3.63) is 88.4 Å². The van der Waals surface area contributed by atoms with Crippen LogP contribution in [0.2, 0.25) is 10.0 Å². The summed E-state index contributed by atoms with van der Waals surface area (Å²) in [6.45, 7) is 2.44. The number of hydrogen-bond acceptors (Lipinski definition) is 9. The minimum Gasteiger partial charge on any atom is -0.481 e. The number of carboxylic acids is 2. The van der Waals surface area contributed by atoms with Gasteiger partial charge in [-0.05, 0) is 55.2 Å². The first kappa shape index (κ1) is 41.0. The Morgan fingerprint density at radius 2 is 1.33 bits per heavy atom. The quantitative estimate of drug-likeness (QED) is 0.0799. The third kappa shape index (κ3) is 13.0. The molecule has 52 heavy (non-hydrogen) atoms. The maximum atomic E-state index is 13.6. The van der Waals surface area contributed by atoms with Crippen LogP contribution in [-0.2, 0) is 33.5 Å². The third-order valence-corrected chi connectivity index (χ3v) is 7.93. The summed E-state index contributed by atoms with van der Waals surface area (Å²) in [5, 5.41) is 26.0. The SMILES string of the molecule is CC(C)CC(C(=O)NC(CC(=O)O)C(=O)COC(=O)c1c(Cl)cccc1Cl)C(=O)NC(CCC(=O)O)C(=O)Nc1cccc(Oc2ccccc2)c1. The minimum absolute atomic E-state index is 0.0520. The van der Waals surface area contributed by atoms with Crippen LogP contribution in [0.25, 0.3) is 0 Å². The summed E-state index contributed by atoms with van der Waals surface area (Å²) in [5.74, 6) is -8.49. The van der Waals surface area contributed by atoms with E-state index >= 15 is 0 Å². The molecule has 0 heterocycles. The summed E-state index contributed by atoms with van der Waals surface area (Å²) in [4.78, 5) is 89.0. The van der Waals surface area contributed by atoms with Crippen LogP contribution in [-0.4, -0.2) is 70.3 Å². The smallest absolute Gasteiger partial charge is 0.341 e. The predicted molar refractivity (Wildman–Crippen MR) is 189 cm³/mol. The number of amides is 3. The molecule has 14 nitrogen and oxygen atoms in total. The number of carboxylic acid groups (broad SMARTS) is 2. The van der Waals surface area contributed by atoms with Crippen LogP contribution < -0.4 is 20.7 Å². The number of aliphatic carboxylic acids is 2. The highest BCUT2D eigenvalue weighted by atomic mass is 35.5. The van der Waals surface area contributed by atoms with Gasteiger partial charge in [-0.2, -0.15) is 0 Å². The van der Waals surface area contributed by atoms with E-state index in [0.717, 1.165) is 0 Å². The average molecular weight is 759 g/mol. The average Bonchev–Trinajstić information content (AvgIpc) is 3.07. The Morgan fingerprint density at radius 1 is 0.731 bits per heavy atom. The Hall–Kier alpha value is -5.47. The molecule has 3 aromatic rings. The number of halogens is 2. The number of nitrogens with one attached hydrogen (secondary N) is 3. The van der Waals surface area contributed by atoms with Gasteiger partial charge in [-0.25, -0.2) is 4.79 Å². The Morgan fingerprint density at radius 3 is 1.92 bits per heavy atom. The van der Waals surface area contributed by atoms with E-state index in [1.807, 2.05) is 6.07 Å². The van der Waals surface area contributed by atoms with Gasteiger partial charge >= 0.3 is 17.9 Å². The maximum Gasteiger partial charge on any atom is 0.341 e. The number of esters is 1. The molecule has 0 fully saturated rings. The number of ketones is 1. The maximum absolute atomic E-state index is 13.6.